The fourth-order valence-electron chi connectivity index (χ4n) is 4.16. The zero-order chi connectivity index (χ0) is 22.0. The lowest BCUT2D eigenvalue weighted by molar-refractivity contribution is -0.129. The van der Waals surface area contributed by atoms with Crippen molar-refractivity contribution in [2.24, 2.45) is 0 Å². The van der Waals surface area contributed by atoms with E-state index < -0.39 is 24.3 Å². The normalized spacial score (nSPS) is 23.2. The van der Waals surface area contributed by atoms with Crippen molar-refractivity contribution in [3.63, 3.8) is 0 Å². The van der Waals surface area contributed by atoms with Gasteiger partial charge in [0.25, 0.3) is 11.5 Å². The smallest absolute Gasteiger partial charge is 0.321 e. The van der Waals surface area contributed by atoms with Crippen molar-refractivity contribution >= 4 is 11.6 Å². The molecule has 1 amide bonds. The predicted molar refractivity (Wildman–Crippen MR) is 110 cm³/mol. The topological polar surface area (TPSA) is 83.8 Å². The van der Waals surface area contributed by atoms with Gasteiger partial charge < -0.3 is 20.1 Å². The second-order valence-corrected chi connectivity index (χ2v) is 7.98. The number of benzene rings is 1. The minimum absolute atomic E-state index is 0.226. The number of hydrogen-bond donors (Lipinski definition) is 2. The number of pyridine rings is 1. The number of rotatable bonds is 5. The Morgan fingerprint density at radius 1 is 1.23 bits per heavy atom. The van der Waals surface area contributed by atoms with Crippen molar-refractivity contribution in [3.05, 3.63) is 58.5 Å². The maximum Gasteiger partial charge on any atom is 0.321 e. The van der Waals surface area contributed by atoms with E-state index in [0.717, 1.165) is 31.1 Å². The highest BCUT2D eigenvalue weighted by Crippen LogP contribution is 2.34. The first-order valence-electron chi connectivity index (χ1n) is 10.4. The molecule has 166 valence electrons. The van der Waals surface area contributed by atoms with Crippen LogP contribution in [0.25, 0.3) is 0 Å². The third-order valence-electron chi connectivity index (χ3n) is 5.81. The number of fused-ring (bicyclic) bond motifs is 1. The molecule has 0 radical (unpaired) electrons. The molecule has 31 heavy (non-hydrogen) atoms. The first-order chi connectivity index (χ1) is 14.9. The number of aliphatic hydroxyl groups excluding tert-OH is 1. The molecule has 1 aromatic carbocycles. The Morgan fingerprint density at radius 3 is 2.74 bits per heavy atom. The molecule has 3 atom stereocenters. The van der Waals surface area contributed by atoms with Crippen LogP contribution in [0.3, 0.4) is 0 Å². The summed E-state index contributed by atoms with van der Waals surface area (Å²) >= 11 is 0. The summed E-state index contributed by atoms with van der Waals surface area (Å²) in [6.07, 6.45) is 2.99. The van der Waals surface area contributed by atoms with E-state index in [-0.39, 0.29) is 25.0 Å². The Hall–Kier alpha value is -2.94. The molecule has 9 heteroatoms. The van der Waals surface area contributed by atoms with Crippen molar-refractivity contribution in [3.8, 4) is 5.75 Å². The maximum absolute atomic E-state index is 12.9. The van der Waals surface area contributed by atoms with E-state index in [1.807, 2.05) is 17.0 Å². The summed E-state index contributed by atoms with van der Waals surface area (Å²) in [7, 11) is 0. The molecule has 1 aliphatic heterocycles. The summed E-state index contributed by atoms with van der Waals surface area (Å²) in [5.74, 6) is 0.220. The van der Waals surface area contributed by atoms with Gasteiger partial charge in [0.1, 0.15) is 5.75 Å². The van der Waals surface area contributed by atoms with E-state index in [0.29, 0.717) is 22.3 Å². The third-order valence-corrected chi connectivity index (χ3v) is 5.81. The van der Waals surface area contributed by atoms with E-state index in [4.69, 9.17) is 4.74 Å². The van der Waals surface area contributed by atoms with E-state index in [9.17, 15) is 23.5 Å². The number of carbonyl (C=O) groups is 1. The third kappa shape index (κ3) is 4.71. The number of alkyl halides is 2. The molecular weight excluding hydrogens is 408 g/mol. The number of nitrogens with one attached hydrogen (secondary N) is 1. The van der Waals surface area contributed by atoms with Gasteiger partial charge in [-0.15, -0.1) is 0 Å². The van der Waals surface area contributed by atoms with Crippen molar-refractivity contribution in [1.82, 2.24) is 9.88 Å². The summed E-state index contributed by atoms with van der Waals surface area (Å²) in [5.41, 5.74) is 0.525. The van der Waals surface area contributed by atoms with Crippen molar-refractivity contribution in [2.75, 3.05) is 11.4 Å². The minimum Gasteiger partial charge on any atom is -0.477 e. The number of anilines is 1. The number of amides is 1. The minimum atomic E-state index is -2.89. The zero-order valence-corrected chi connectivity index (χ0v) is 16.9. The molecule has 1 fully saturated rings. The maximum atomic E-state index is 12.9. The Kier molecular flexibility index (Phi) is 6.22. The fraction of sp³-hybridized carbons (Fsp3) is 0.455. The van der Waals surface area contributed by atoms with Gasteiger partial charge in [0, 0.05) is 18.8 Å². The largest absolute Gasteiger partial charge is 0.477 e. The van der Waals surface area contributed by atoms with Crippen molar-refractivity contribution < 1.29 is 23.4 Å². The number of halogens is 2. The molecular formula is C22H25F2N3O4. The monoisotopic (exact) mass is 433 g/mol. The van der Waals surface area contributed by atoms with Gasteiger partial charge >= 0.3 is 6.55 Å². The summed E-state index contributed by atoms with van der Waals surface area (Å²) in [4.78, 5) is 26.7. The number of nitrogens with zero attached hydrogens (tertiary/aromatic N) is 2. The summed E-state index contributed by atoms with van der Waals surface area (Å²) < 4.78 is 32.0. The van der Waals surface area contributed by atoms with E-state index in [1.54, 1.807) is 12.1 Å². The highest BCUT2D eigenvalue weighted by Gasteiger charge is 2.33. The number of aromatic nitrogens is 1. The zero-order valence-electron chi connectivity index (χ0n) is 16.9. The average Bonchev–Trinajstić information content (AvgIpc) is 2.75. The molecule has 4 rings (SSSR count). The number of aliphatic hydroxyl groups is 1. The number of para-hydroxylation sites is 2. The quantitative estimate of drug-likeness (QED) is 0.757. The van der Waals surface area contributed by atoms with Crippen LogP contribution in [-0.4, -0.2) is 40.4 Å². The molecule has 2 N–H and O–H groups in total. The average molecular weight is 433 g/mol. The van der Waals surface area contributed by atoms with Crippen LogP contribution in [0.4, 0.5) is 14.5 Å². The molecule has 0 spiro atoms. The standard InChI is InChI=1S/C22H25F2N3O4/c23-22(24)27-10-9-14(11-20(27)29)12-26-13-19(31-18-8-4-2-6-16(18)26)21(30)25-15-5-1-3-7-17(15)28/h2,4,6,8-11,15,17,19,22,28H,1,3,5,7,12-13H2,(H,25,30)/t15-,17-,19?/m0/s1. The molecule has 2 aliphatic rings. The molecule has 0 bridgehead atoms. The van der Waals surface area contributed by atoms with E-state index in [2.05, 4.69) is 5.32 Å². The van der Waals surface area contributed by atoms with Crippen LogP contribution in [0, 0.1) is 0 Å². The van der Waals surface area contributed by atoms with E-state index in [1.165, 1.54) is 12.1 Å². The van der Waals surface area contributed by atoms with Crippen LogP contribution >= 0.6 is 0 Å². The van der Waals surface area contributed by atoms with Crippen LogP contribution in [-0.2, 0) is 11.3 Å². The highest BCUT2D eigenvalue weighted by molar-refractivity contribution is 5.83. The van der Waals surface area contributed by atoms with Gasteiger partial charge in [0.15, 0.2) is 6.10 Å². The molecule has 0 saturated heterocycles. The lowest BCUT2D eigenvalue weighted by atomic mass is 9.92. The summed E-state index contributed by atoms with van der Waals surface area (Å²) in [6.45, 7) is -2.41. The first kappa shape index (κ1) is 21.3. The molecule has 1 saturated carbocycles. The second-order valence-electron chi connectivity index (χ2n) is 7.98. The van der Waals surface area contributed by atoms with E-state index >= 15 is 0 Å². The van der Waals surface area contributed by atoms with Crippen molar-refractivity contribution in [2.45, 2.75) is 57.0 Å². The lowest BCUT2D eigenvalue weighted by Gasteiger charge is -2.37. The fourth-order valence-corrected chi connectivity index (χ4v) is 4.16. The van der Waals surface area contributed by atoms with Gasteiger partial charge in [-0.3, -0.25) is 14.2 Å². The summed E-state index contributed by atoms with van der Waals surface area (Å²) in [6, 6.07) is 9.59. The molecule has 1 aliphatic carbocycles. The van der Waals surface area contributed by atoms with Crippen LogP contribution in [0.15, 0.2) is 47.4 Å². The predicted octanol–water partition coefficient (Wildman–Crippen LogP) is 2.43. The van der Waals surface area contributed by atoms with Crippen LogP contribution in [0.2, 0.25) is 0 Å². The Bertz CT molecular complexity index is 997. The van der Waals surface area contributed by atoms with Gasteiger partial charge in [-0.05, 0) is 36.6 Å². The number of hydrogen-bond acceptors (Lipinski definition) is 5. The van der Waals surface area contributed by atoms with Crippen LogP contribution < -0.4 is 20.5 Å². The van der Waals surface area contributed by atoms with Crippen LogP contribution in [0.5, 0.6) is 5.75 Å². The van der Waals surface area contributed by atoms with Gasteiger partial charge in [-0.25, -0.2) is 0 Å². The van der Waals surface area contributed by atoms with Gasteiger partial charge in [0.05, 0.1) is 24.4 Å². The molecule has 2 aromatic rings. The van der Waals surface area contributed by atoms with Crippen molar-refractivity contribution in [1.29, 1.82) is 0 Å². The first-order valence-corrected chi connectivity index (χ1v) is 10.4. The molecule has 2 heterocycles. The summed E-state index contributed by atoms with van der Waals surface area (Å²) in [5, 5.41) is 13.1. The Labute approximate surface area is 178 Å². The Morgan fingerprint density at radius 2 is 2.00 bits per heavy atom. The van der Waals surface area contributed by atoms with Gasteiger partial charge in [-0.2, -0.15) is 8.78 Å². The highest BCUT2D eigenvalue weighted by atomic mass is 19.3. The van der Waals surface area contributed by atoms with Crippen LogP contribution in [0.1, 0.15) is 37.8 Å². The van der Waals surface area contributed by atoms with Gasteiger partial charge in [0.2, 0.25) is 0 Å². The molecule has 1 unspecified atom stereocenters. The molecule has 7 nitrogen and oxygen atoms in total. The second kappa shape index (κ2) is 9.05. The Balaban J connectivity index is 1.52. The number of ether oxygens (including phenoxy) is 1. The molecule has 1 aromatic heterocycles. The number of carbonyl (C=O) groups excluding carboxylic acids is 1. The van der Waals surface area contributed by atoms with Gasteiger partial charge in [-0.1, -0.05) is 25.0 Å². The SMILES string of the molecule is O=C(N[C@H]1CCCC[C@@H]1O)C1CN(Cc2ccn(C(F)F)c(=O)c2)c2ccccc2O1. The lowest BCUT2D eigenvalue weighted by Crippen LogP contribution is -2.54.